The molecule has 0 aromatic carbocycles. The molecule has 2 nitrogen and oxygen atoms in total. The van der Waals surface area contributed by atoms with Gasteiger partial charge in [0.1, 0.15) is 0 Å². The molecule has 1 atom stereocenters. The fourth-order valence-electron chi connectivity index (χ4n) is 0.495. The molecule has 1 saturated carbocycles. The summed E-state index contributed by atoms with van der Waals surface area (Å²) < 4.78 is 0. The van der Waals surface area contributed by atoms with E-state index in [2.05, 4.69) is 21.1 Å². The Hall–Kier alpha value is -0.0500. The summed E-state index contributed by atoms with van der Waals surface area (Å²) in [5.41, 5.74) is 0.875. The van der Waals surface area contributed by atoms with E-state index in [0.29, 0.717) is 4.83 Å². The predicted molar refractivity (Wildman–Crippen MR) is 31.2 cm³/mol. The standard InChI is InChI=1S/C4H6BrNO/c5-3-1-2-4(3)6-7/h3,7H,1-2H2. The topological polar surface area (TPSA) is 32.6 Å². The SMILES string of the molecule is ON=C1CCC1Br. The van der Waals surface area contributed by atoms with Crippen LogP contribution >= 0.6 is 15.9 Å². The molecule has 0 spiro atoms. The number of alkyl halides is 1. The van der Waals surface area contributed by atoms with Gasteiger partial charge in [-0.15, -0.1) is 0 Å². The Labute approximate surface area is 50.3 Å². The van der Waals surface area contributed by atoms with E-state index in [4.69, 9.17) is 5.21 Å². The number of hydrogen-bond donors (Lipinski definition) is 1. The van der Waals surface area contributed by atoms with Gasteiger partial charge in [0.05, 0.1) is 10.5 Å². The molecule has 1 aliphatic rings. The first-order valence-electron chi connectivity index (χ1n) is 2.19. The smallest absolute Gasteiger partial charge is 0.0707 e. The molecular weight excluding hydrogens is 158 g/mol. The molecule has 0 saturated heterocycles. The average Bonchev–Trinajstić information content (AvgIpc) is 1.65. The summed E-state index contributed by atoms with van der Waals surface area (Å²) in [4.78, 5) is 0.359. The van der Waals surface area contributed by atoms with E-state index in [0.717, 1.165) is 18.6 Å². The van der Waals surface area contributed by atoms with Crippen LogP contribution in [0, 0.1) is 0 Å². The molecular formula is C4H6BrNO. The summed E-state index contributed by atoms with van der Waals surface area (Å²) in [5.74, 6) is 0. The van der Waals surface area contributed by atoms with Crippen LogP contribution in [0.5, 0.6) is 0 Å². The quantitative estimate of drug-likeness (QED) is 0.327. The van der Waals surface area contributed by atoms with Gasteiger partial charge in [-0.05, 0) is 12.8 Å². The van der Waals surface area contributed by atoms with Crippen molar-refractivity contribution in [3.63, 3.8) is 0 Å². The van der Waals surface area contributed by atoms with Crippen molar-refractivity contribution in [2.45, 2.75) is 17.7 Å². The minimum Gasteiger partial charge on any atom is -0.411 e. The van der Waals surface area contributed by atoms with E-state index in [1.165, 1.54) is 0 Å². The minimum absolute atomic E-state index is 0.359. The lowest BCUT2D eigenvalue weighted by Gasteiger charge is -2.19. The molecule has 0 aromatic rings. The van der Waals surface area contributed by atoms with E-state index in [9.17, 15) is 0 Å². The fourth-order valence-corrected chi connectivity index (χ4v) is 1.04. The molecule has 0 amide bonds. The number of oxime groups is 1. The van der Waals surface area contributed by atoms with E-state index in [1.54, 1.807) is 0 Å². The number of hydrogen-bond acceptors (Lipinski definition) is 2. The number of halogens is 1. The molecule has 40 valence electrons. The van der Waals surface area contributed by atoms with E-state index in [-0.39, 0.29) is 0 Å². The second-order valence-electron chi connectivity index (χ2n) is 1.60. The highest BCUT2D eigenvalue weighted by atomic mass is 79.9. The fraction of sp³-hybridized carbons (Fsp3) is 0.750. The molecule has 7 heavy (non-hydrogen) atoms. The first-order valence-corrected chi connectivity index (χ1v) is 3.11. The lowest BCUT2D eigenvalue weighted by Crippen LogP contribution is -2.25. The van der Waals surface area contributed by atoms with Crippen molar-refractivity contribution in [1.82, 2.24) is 0 Å². The van der Waals surface area contributed by atoms with Crippen molar-refractivity contribution < 1.29 is 5.21 Å². The molecule has 0 aromatic heterocycles. The zero-order chi connectivity index (χ0) is 5.28. The van der Waals surface area contributed by atoms with Gasteiger partial charge >= 0.3 is 0 Å². The van der Waals surface area contributed by atoms with E-state index in [1.807, 2.05) is 0 Å². The summed E-state index contributed by atoms with van der Waals surface area (Å²) in [6.07, 6.45) is 2.06. The molecule has 1 aliphatic carbocycles. The first kappa shape index (κ1) is 5.09. The predicted octanol–water partition coefficient (Wildman–Crippen LogP) is 1.37. The summed E-state index contributed by atoms with van der Waals surface area (Å²) in [7, 11) is 0. The highest BCUT2D eigenvalue weighted by molar-refractivity contribution is 9.10. The van der Waals surface area contributed by atoms with Crippen LogP contribution in [0.25, 0.3) is 0 Å². The van der Waals surface area contributed by atoms with Gasteiger partial charge in [0.25, 0.3) is 0 Å². The zero-order valence-electron chi connectivity index (χ0n) is 3.76. The van der Waals surface area contributed by atoms with Crippen LogP contribution in [0.3, 0.4) is 0 Å². The van der Waals surface area contributed by atoms with Crippen molar-refractivity contribution in [2.24, 2.45) is 5.16 Å². The van der Waals surface area contributed by atoms with Gasteiger partial charge in [-0.25, -0.2) is 0 Å². The van der Waals surface area contributed by atoms with Crippen LogP contribution in [-0.2, 0) is 0 Å². The molecule has 0 heterocycles. The summed E-state index contributed by atoms with van der Waals surface area (Å²) in [6.45, 7) is 0. The Balaban J connectivity index is 2.44. The maximum atomic E-state index is 8.11. The maximum Gasteiger partial charge on any atom is 0.0707 e. The van der Waals surface area contributed by atoms with Crippen molar-refractivity contribution in [1.29, 1.82) is 0 Å². The first-order chi connectivity index (χ1) is 3.34. The normalized spacial score (nSPS) is 35.6. The van der Waals surface area contributed by atoms with E-state index < -0.39 is 0 Å². The lowest BCUT2D eigenvalue weighted by atomic mass is 9.97. The molecule has 1 unspecified atom stereocenters. The van der Waals surface area contributed by atoms with Crippen molar-refractivity contribution in [3.05, 3.63) is 0 Å². The molecule has 3 heteroatoms. The second kappa shape index (κ2) is 1.82. The molecule has 0 aliphatic heterocycles. The zero-order valence-corrected chi connectivity index (χ0v) is 5.35. The van der Waals surface area contributed by atoms with Crippen LogP contribution in [-0.4, -0.2) is 15.7 Å². The number of rotatable bonds is 0. The Morgan fingerprint density at radius 1 is 1.86 bits per heavy atom. The van der Waals surface area contributed by atoms with Crippen molar-refractivity contribution in [3.8, 4) is 0 Å². The van der Waals surface area contributed by atoms with Gasteiger partial charge < -0.3 is 5.21 Å². The highest BCUT2D eigenvalue weighted by Gasteiger charge is 2.22. The van der Waals surface area contributed by atoms with E-state index >= 15 is 0 Å². The Bertz CT molecular complexity index is 102. The van der Waals surface area contributed by atoms with Gasteiger partial charge in [-0.3, -0.25) is 0 Å². The molecule has 1 rings (SSSR count). The molecule has 0 radical (unpaired) electrons. The molecule has 1 N–H and O–H groups in total. The van der Waals surface area contributed by atoms with Gasteiger partial charge in [-0.2, -0.15) is 0 Å². The van der Waals surface area contributed by atoms with Crippen LogP contribution in [0.4, 0.5) is 0 Å². The molecule has 0 bridgehead atoms. The monoisotopic (exact) mass is 163 g/mol. The van der Waals surface area contributed by atoms with Crippen LogP contribution < -0.4 is 0 Å². The lowest BCUT2D eigenvalue weighted by molar-refractivity contribution is 0.313. The van der Waals surface area contributed by atoms with Crippen LogP contribution in [0.1, 0.15) is 12.8 Å². The Kier molecular flexibility index (Phi) is 1.32. The molecule has 1 fully saturated rings. The Morgan fingerprint density at radius 2 is 2.57 bits per heavy atom. The number of nitrogens with zero attached hydrogens (tertiary/aromatic N) is 1. The maximum absolute atomic E-state index is 8.11. The second-order valence-corrected chi connectivity index (χ2v) is 2.70. The summed E-state index contributed by atoms with van der Waals surface area (Å²) in [6, 6.07) is 0. The van der Waals surface area contributed by atoms with Gasteiger partial charge in [0.15, 0.2) is 0 Å². The summed E-state index contributed by atoms with van der Waals surface area (Å²) >= 11 is 3.30. The Morgan fingerprint density at radius 3 is 2.57 bits per heavy atom. The third kappa shape index (κ3) is 0.774. The largest absolute Gasteiger partial charge is 0.411 e. The average molecular weight is 164 g/mol. The van der Waals surface area contributed by atoms with Crippen LogP contribution in [0.15, 0.2) is 5.16 Å². The highest BCUT2D eigenvalue weighted by Crippen LogP contribution is 2.23. The van der Waals surface area contributed by atoms with Crippen molar-refractivity contribution >= 4 is 21.6 Å². The third-order valence-corrected chi connectivity index (χ3v) is 2.13. The van der Waals surface area contributed by atoms with Crippen molar-refractivity contribution in [2.75, 3.05) is 0 Å². The third-order valence-electron chi connectivity index (χ3n) is 1.14. The van der Waals surface area contributed by atoms with Crippen LogP contribution in [0.2, 0.25) is 0 Å². The van der Waals surface area contributed by atoms with Gasteiger partial charge in [-0.1, -0.05) is 21.1 Å². The van der Waals surface area contributed by atoms with Gasteiger partial charge in [0, 0.05) is 0 Å². The van der Waals surface area contributed by atoms with Gasteiger partial charge in [0.2, 0.25) is 0 Å². The summed E-state index contributed by atoms with van der Waals surface area (Å²) in [5, 5.41) is 11.2. The minimum atomic E-state index is 0.359.